The standard InChI is InChI=1S/C29H47N5O6/c1-25(2,18-35)20(36)30-26(3,4)21(37)31-27(5,6)22(38)33-29(9,17-19-15-13-12-14-16-19)23(39)32-28(7,8)24(40)34(10)11/h12-16,35H,17-18H2,1-11H3,(H,30,36)(H,31,37)(H,32,39)(H,33,38). The molecule has 0 aromatic heterocycles. The van der Waals surface area contributed by atoms with Gasteiger partial charge in [0.1, 0.15) is 22.2 Å². The van der Waals surface area contributed by atoms with E-state index in [4.69, 9.17) is 0 Å². The number of benzene rings is 1. The Kier molecular flexibility index (Phi) is 10.7. The summed E-state index contributed by atoms with van der Waals surface area (Å²) in [4.78, 5) is 67.0. The van der Waals surface area contributed by atoms with Crippen molar-refractivity contribution in [3.63, 3.8) is 0 Å². The van der Waals surface area contributed by atoms with Crippen LogP contribution in [0.1, 0.15) is 67.9 Å². The zero-order valence-electron chi connectivity index (χ0n) is 25.7. The zero-order valence-corrected chi connectivity index (χ0v) is 25.7. The average Bonchev–Trinajstić information content (AvgIpc) is 2.82. The number of nitrogens with zero attached hydrogens (tertiary/aromatic N) is 1. The minimum Gasteiger partial charge on any atom is -0.395 e. The van der Waals surface area contributed by atoms with Crippen LogP contribution in [0.2, 0.25) is 0 Å². The van der Waals surface area contributed by atoms with Crippen LogP contribution >= 0.6 is 0 Å². The number of amides is 5. The Hall–Kier alpha value is -3.47. The van der Waals surface area contributed by atoms with Gasteiger partial charge in [-0.1, -0.05) is 30.3 Å². The fourth-order valence-electron chi connectivity index (χ4n) is 3.70. The van der Waals surface area contributed by atoms with Crippen molar-refractivity contribution in [1.29, 1.82) is 0 Å². The van der Waals surface area contributed by atoms with Gasteiger partial charge in [0.15, 0.2) is 0 Å². The van der Waals surface area contributed by atoms with Gasteiger partial charge in [0.25, 0.3) is 0 Å². The molecule has 0 aliphatic rings. The van der Waals surface area contributed by atoms with Gasteiger partial charge in [-0.05, 0) is 67.9 Å². The van der Waals surface area contributed by atoms with Gasteiger partial charge in [-0.2, -0.15) is 0 Å². The van der Waals surface area contributed by atoms with E-state index < -0.39 is 57.8 Å². The summed E-state index contributed by atoms with van der Waals surface area (Å²) >= 11 is 0. The van der Waals surface area contributed by atoms with Crippen LogP contribution in [0.25, 0.3) is 0 Å². The molecule has 1 aromatic carbocycles. The van der Waals surface area contributed by atoms with E-state index in [1.165, 1.54) is 32.6 Å². The number of nitrogens with one attached hydrogen (secondary N) is 4. The molecule has 0 heterocycles. The second-order valence-corrected chi connectivity index (χ2v) is 12.9. The van der Waals surface area contributed by atoms with E-state index in [1.54, 1.807) is 48.7 Å². The average molecular weight is 562 g/mol. The molecule has 1 atom stereocenters. The lowest BCUT2D eigenvalue weighted by atomic mass is 9.88. The van der Waals surface area contributed by atoms with Crippen molar-refractivity contribution in [3.05, 3.63) is 35.9 Å². The number of hydrogen-bond donors (Lipinski definition) is 5. The monoisotopic (exact) mass is 561 g/mol. The van der Waals surface area contributed by atoms with Gasteiger partial charge in [-0.3, -0.25) is 24.0 Å². The molecule has 0 bridgehead atoms. The molecule has 1 unspecified atom stereocenters. The summed E-state index contributed by atoms with van der Waals surface area (Å²) < 4.78 is 0. The highest BCUT2D eigenvalue weighted by Crippen LogP contribution is 2.20. The molecule has 5 amide bonds. The molecular weight excluding hydrogens is 514 g/mol. The highest BCUT2D eigenvalue weighted by molar-refractivity contribution is 6.00. The SMILES string of the molecule is CN(C)C(=O)C(C)(C)NC(=O)C(C)(Cc1ccccc1)NC(=O)C(C)(C)NC(=O)C(C)(C)NC(=O)C(C)(C)CO. The van der Waals surface area contributed by atoms with Gasteiger partial charge in [0.05, 0.1) is 12.0 Å². The van der Waals surface area contributed by atoms with Crippen LogP contribution in [0.3, 0.4) is 0 Å². The topological polar surface area (TPSA) is 157 Å². The summed E-state index contributed by atoms with van der Waals surface area (Å²) in [5, 5.41) is 20.3. The Bertz CT molecular complexity index is 1110. The maximum absolute atomic E-state index is 13.6. The minimum atomic E-state index is -1.50. The highest BCUT2D eigenvalue weighted by atomic mass is 16.3. The Labute approximate surface area is 237 Å². The summed E-state index contributed by atoms with van der Waals surface area (Å²) in [5.74, 6) is -2.72. The van der Waals surface area contributed by atoms with Crippen LogP contribution in [-0.4, -0.2) is 82.4 Å². The Balaban J connectivity index is 3.24. The van der Waals surface area contributed by atoms with Crippen LogP contribution in [0, 0.1) is 5.41 Å². The minimum absolute atomic E-state index is 0.111. The molecule has 40 heavy (non-hydrogen) atoms. The van der Waals surface area contributed by atoms with Crippen LogP contribution in [0.5, 0.6) is 0 Å². The van der Waals surface area contributed by atoms with Gasteiger partial charge in [0, 0.05) is 20.5 Å². The number of carbonyl (C=O) groups is 5. The van der Waals surface area contributed by atoms with Gasteiger partial charge in [-0.25, -0.2) is 0 Å². The molecule has 0 fully saturated rings. The van der Waals surface area contributed by atoms with Crippen molar-refractivity contribution in [2.24, 2.45) is 5.41 Å². The van der Waals surface area contributed by atoms with Crippen LogP contribution in [-0.2, 0) is 30.4 Å². The van der Waals surface area contributed by atoms with Gasteiger partial charge >= 0.3 is 0 Å². The van der Waals surface area contributed by atoms with Crippen molar-refractivity contribution in [1.82, 2.24) is 26.2 Å². The number of hydrogen-bond acceptors (Lipinski definition) is 6. The fourth-order valence-corrected chi connectivity index (χ4v) is 3.70. The normalized spacial score (nSPS) is 13.9. The Morgan fingerprint density at radius 2 is 1.07 bits per heavy atom. The molecule has 1 aromatic rings. The summed E-state index contributed by atoms with van der Waals surface area (Å²) in [5.41, 5.74) is -6.01. The lowest BCUT2D eigenvalue weighted by Gasteiger charge is -2.38. The van der Waals surface area contributed by atoms with E-state index in [9.17, 15) is 29.1 Å². The Morgan fingerprint density at radius 1 is 0.650 bits per heavy atom. The second kappa shape index (κ2) is 12.4. The molecule has 0 spiro atoms. The lowest BCUT2D eigenvalue weighted by Crippen LogP contribution is -2.69. The van der Waals surface area contributed by atoms with Crippen molar-refractivity contribution >= 4 is 29.5 Å². The molecule has 1 rings (SSSR count). The first-order valence-electron chi connectivity index (χ1n) is 13.2. The molecule has 0 aliphatic heterocycles. The van der Waals surface area contributed by atoms with Crippen LogP contribution in [0.15, 0.2) is 30.3 Å². The van der Waals surface area contributed by atoms with Crippen molar-refractivity contribution in [2.45, 2.75) is 90.9 Å². The quantitative estimate of drug-likeness (QED) is 0.255. The van der Waals surface area contributed by atoms with E-state index in [2.05, 4.69) is 21.3 Å². The summed E-state index contributed by atoms with van der Waals surface area (Å²) in [6.45, 7) is 13.3. The number of aliphatic hydroxyl groups is 1. The first-order chi connectivity index (χ1) is 18.0. The number of aliphatic hydroxyl groups excluding tert-OH is 1. The number of likely N-dealkylation sites (N-methyl/N-ethyl adjacent to an activating group) is 1. The summed E-state index contributed by atoms with van der Waals surface area (Å²) in [6.07, 6.45) is 0.111. The molecule has 0 radical (unpaired) electrons. The summed E-state index contributed by atoms with van der Waals surface area (Å²) in [6, 6.07) is 9.10. The second-order valence-electron chi connectivity index (χ2n) is 12.9. The van der Waals surface area contributed by atoms with Crippen molar-refractivity contribution in [2.75, 3.05) is 20.7 Å². The van der Waals surface area contributed by atoms with E-state index >= 15 is 0 Å². The fraction of sp³-hybridized carbons (Fsp3) is 0.621. The van der Waals surface area contributed by atoms with Gasteiger partial charge in [0.2, 0.25) is 29.5 Å². The largest absolute Gasteiger partial charge is 0.395 e. The van der Waals surface area contributed by atoms with Crippen LogP contribution < -0.4 is 21.3 Å². The molecule has 0 saturated heterocycles. The first kappa shape index (κ1) is 34.6. The van der Waals surface area contributed by atoms with Gasteiger partial charge in [-0.15, -0.1) is 0 Å². The molecule has 0 aliphatic carbocycles. The molecule has 11 nitrogen and oxygen atoms in total. The van der Waals surface area contributed by atoms with Crippen molar-refractivity contribution in [3.8, 4) is 0 Å². The molecule has 11 heteroatoms. The third-order valence-electron chi connectivity index (χ3n) is 6.66. The predicted octanol–water partition coefficient (Wildman–Crippen LogP) is 0.895. The maximum atomic E-state index is 13.6. The third kappa shape index (κ3) is 8.77. The lowest BCUT2D eigenvalue weighted by molar-refractivity contribution is -0.143. The molecule has 224 valence electrons. The smallest absolute Gasteiger partial charge is 0.247 e. The molecule has 5 N–H and O–H groups in total. The Morgan fingerprint density at radius 3 is 1.52 bits per heavy atom. The van der Waals surface area contributed by atoms with Gasteiger partial charge < -0.3 is 31.3 Å². The third-order valence-corrected chi connectivity index (χ3v) is 6.66. The molecule has 0 saturated carbocycles. The first-order valence-corrected chi connectivity index (χ1v) is 13.2. The summed E-state index contributed by atoms with van der Waals surface area (Å²) in [7, 11) is 3.17. The predicted molar refractivity (Wildman–Crippen MR) is 153 cm³/mol. The number of rotatable bonds is 12. The van der Waals surface area contributed by atoms with Crippen LogP contribution in [0.4, 0.5) is 0 Å². The van der Waals surface area contributed by atoms with E-state index in [0.29, 0.717) is 0 Å². The van der Waals surface area contributed by atoms with Crippen molar-refractivity contribution < 1.29 is 29.1 Å². The van der Waals surface area contributed by atoms with E-state index in [0.717, 1.165) is 5.56 Å². The van der Waals surface area contributed by atoms with E-state index in [-0.39, 0.29) is 12.3 Å². The highest BCUT2D eigenvalue weighted by Gasteiger charge is 2.44. The molecular formula is C29H47N5O6. The van der Waals surface area contributed by atoms with E-state index in [1.807, 2.05) is 30.3 Å². The number of carbonyl (C=O) groups excluding carboxylic acids is 5. The zero-order chi connectivity index (χ0) is 31.3. The maximum Gasteiger partial charge on any atom is 0.247 e.